The fourth-order valence-electron chi connectivity index (χ4n) is 2.09. The number of hydrogen-bond acceptors (Lipinski definition) is 4. The van der Waals surface area contributed by atoms with E-state index in [4.69, 9.17) is 9.47 Å². The highest BCUT2D eigenvalue weighted by Crippen LogP contribution is 2.17. The van der Waals surface area contributed by atoms with Gasteiger partial charge in [0.2, 0.25) is 5.91 Å². The minimum Gasteiger partial charge on any atom is -0.497 e. The topological polar surface area (TPSA) is 76.7 Å². The van der Waals surface area contributed by atoms with Gasteiger partial charge in [0.05, 0.1) is 13.7 Å². The van der Waals surface area contributed by atoms with E-state index >= 15 is 0 Å². The van der Waals surface area contributed by atoms with Gasteiger partial charge in [0.25, 0.3) is 5.91 Å². The molecule has 0 aliphatic rings. The zero-order chi connectivity index (χ0) is 18.8. The Kier molecular flexibility index (Phi) is 7.07. The quantitative estimate of drug-likeness (QED) is 0.783. The molecule has 6 heteroatoms. The number of carbonyl (C=O) groups excluding carboxylic acids is 2. The molecule has 2 rings (SSSR count). The molecule has 0 radical (unpaired) electrons. The number of methoxy groups -OCH3 is 1. The first kappa shape index (κ1) is 18.9. The zero-order valence-corrected chi connectivity index (χ0v) is 14.7. The number of nitrogens with one attached hydrogen (secondary N) is 2. The Morgan fingerprint density at radius 1 is 1.04 bits per heavy atom. The Morgan fingerprint density at radius 2 is 1.81 bits per heavy atom. The van der Waals surface area contributed by atoms with Crippen LogP contribution in [-0.2, 0) is 4.79 Å². The fourth-order valence-corrected chi connectivity index (χ4v) is 2.09. The van der Waals surface area contributed by atoms with Crippen LogP contribution in [0.15, 0.2) is 48.5 Å². The summed E-state index contributed by atoms with van der Waals surface area (Å²) in [5, 5.41) is 5.39. The monoisotopic (exact) mass is 352 g/mol. The standard InChI is InChI=1S/C20H20N2O4/c1-15(23)22-17-8-6-10-19(14-17)26-12-4-3-11-21-20(24)16-7-5-9-18(13-16)25-2/h5-10,13-14H,11-12H2,1-2H3,(H,21,24)(H,22,23). The minimum atomic E-state index is -0.220. The van der Waals surface area contributed by atoms with Crippen molar-refractivity contribution >= 4 is 17.5 Å². The molecule has 0 fully saturated rings. The summed E-state index contributed by atoms with van der Waals surface area (Å²) in [6.07, 6.45) is 0. The lowest BCUT2D eigenvalue weighted by Gasteiger charge is -2.05. The van der Waals surface area contributed by atoms with Crippen molar-refractivity contribution < 1.29 is 19.1 Å². The van der Waals surface area contributed by atoms with E-state index in [-0.39, 0.29) is 25.0 Å². The predicted molar refractivity (Wildman–Crippen MR) is 99.3 cm³/mol. The van der Waals surface area contributed by atoms with Gasteiger partial charge in [-0.05, 0) is 30.3 Å². The largest absolute Gasteiger partial charge is 0.497 e. The molecular weight excluding hydrogens is 332 g/mol. The van der Waals surface area contributed by atoms with Crippen LogP contribution >= 0.6 is 0 Å². The summed E-state index contributed by atoms with van der Waals surface area (Å²) in [7, 11) is 1.55. The van der Waals surface area contributed by atoms with Crippen molar-refractivity contribution in [3.63, 3.8) is 0 Å². The molecule has 0 atom stereocenters. The number of rotatable bonds is 6. The van der Waals surface area contributed by atoms with Crippen molar-refractivity contribution in [1.82, 2.24) is 5.32 Å². The molecule has 0 unspecified atom stereocenters. The van der Waals surface area contributed by atoms with E-state index in [1.54, 1.807) is 55.6 Å². The number of carbonyl (C=O) groups is 2. The summed E-state index contributed by atoms with van der Waals surface area (Å²) >= 11 is 0. The second-order valence-electron chi connectivity index (χ2n) is 5.27. The first-order valence-electron chi connectivity index (χ1n) is 7.97. The fraction of sp³-hybridized carbons (Fsp3) is 0.200. The third-order valence-corrected chi connectivity index (χ3v) is 3.26. The normalized spacial score (nSPS) is 9.46. The molecule has 0 aromatic heterocycles. The Hall–Kier alpha value is -3.46. The van der Waals surface area contributed by atoms with Gasteiger partial charge in [0.1, 0.15) is 18.1 Å². The van der Waals surface area contributed by atoms with E-state index in [9.17, 15) is 9.59 Å². The van der Waals surface area contributed by atoms with E-state index in [1.807, 2.05) is 0 Å². The van der Waals surface area contributed by atoms with Crippen LogP contribution in [0.25, 0.3) is 0 Å². The average molecular weight is 352 g/mol. The van der Waals surface area contributed by atoms with Crippen LogP contribution in [0, 0.1) is 11.8 Å². The molecular formula is C20H20N2O4. The van der Waals surface area contributed by atoms with Crippen LogP contribution in [-0.4, -0.2) is 32.1 Å². The molecule has 2 aromatic carbocycles. The average Bonchev–Trinajstić information content (AvgIpc) is 2.64. The lowest BCUT2D eigenvalue weighted by Crippen LogP contribution is -2.23. The molecule has 0 saturated heterocycles. The van der Waals surface area contributed by atoms with Crippen LogP contribution in [0.1, 0.15) is 17.3 Å². The molecule has 0 bridgehead atoms. The Morgan fingerprint density at radius 3 is 2.58 bits per heavy atom. The predicted octanol–water partition coefficient (Wildman–Crippen LogP) is 2.47. The summed E-state index contributed by atoms with van der Waals surface area (Å²) < 4.78 is 10.6. The molecule has 2 N–H and O–H groups in total. The zero-order valence-electron chi connectivity index (χ0n) is 14.7. The molecule has 26 heavy (non-hydrogen) atoms. The summed E-state index contributed by atoms with van der Waals surface area (Å²) in [6.45, 7) is 1.84. The molecule has 6 nitrogen and oxygen atoms in total. The Balaban J connectivity index is 1.77. The van der Waals surface area contributed by atoms with E-state index in [2.05, 4.69) is 22.5 Å². The smallest absolute Gasteiger partial charge is 0.252 e. The maximum atomic E-state index is 12.0. The Bertz CT molecular complexity index is 837. The lowest BCUT2D eigenvalue weighted by atomic mass is 10.2. The van der Waals surface area contributed by atoms with Crippen LogP contribution in [0.2, 0.25) is 0 Å². The van der Waals surface area contributed by atoms with Gasteiger partial charge in [0, 0.05) is 24.2 Å². The van der Waals surface area contributed by atoms with E-state index in [0.29, 0.717) is 22.7 Å². The van der Waals surface area contributed by atoms with Crippen LogP contribution in [0.3, 0.4) is 0 Å². The van der Waals surface area contributed by atoms with Crippen molar-refractivity contribution in [2.24, 2.45) is 0 Å². The second-order valence-corrected chi connectivity index (χ2v) is 5.27. The Labute approximate surface area is 152 Å². The number of anilines is 1. The highest BCUT2D eigenvalue weighted by atomic mass is 16.5. The van der Waals surface area contributed by atoms with Crippen molar-refractivity contribution in [2.75, 3.05) is 25.6 Å². The van der Waals surface area contributed by atoms with Crippen LogP contribution in [0.4, 0.5) is 5.69 Å². The van der Waals surface area contributed by atoms with Gasteiger partial charge >= 0.3 is 0 Å². The van der Waals surface area contributed by atoms with Crippen LogP contribution < -0.4 is 20.1 Å². The van der Waals surface area contributed by atoms with Gasteiger partial charge in [-0.15, -0.1) is 0 Å². The van der Waals surface area contributed by atoms with Gasteiger partial charge in [-0.3, -0.25) is 9.59 Å². The minimum absolute atomic E-state index is 0.145. The number of ether oxygens (including phenoxy) is 2. The highest BCUT2D eigenvalue weighted by Gasteiger charge is 2.04. The first-order chi connectivity index (χ1) is 12.6. The van der Waals surface area contributed by atoms with Gasteiger partial charge in [-0.25, -0.2) is 0 Å². The maximum Gasteiger partial charge on any atom is 0.252 e. The van der Waals surface area contributed by atoms with Crippen molar-refractivity contribution in [3.05, 3.63) is 54.1 Å². The highest BCUT2D eigenvalue weighted by molar-refractivity contribution is 5.94. The van der Waals surface area contributed by atoms with E-state index < -0.39 is 0 Å². The third kappa shape index (κ3) is 6.21. The molecule has 2 aromatic rings. The number of hydrogen-bond donors (Lipinski definition) is 2. The van der Waals surface area contributed by atoms with Gasteiger partial charge in [0.15, 0.2) is 0 Å². The lowest BCUT2D eigenvalue weighted by molar-refractivity contribution is -0.114. The van der Waals surface area contributed by atoms with Gasteiger partial charge in [-0.1, -0.05) is 24.0 Å². The molecule has 0 aliphatic carbocycles. The molecule has 0 aliphatic heterocycles. The summed E-state index contributed by atoms with van der Waals surface area (Å²) in [6, 6.07) is 13.9. The molecule has 0 spiro atoms. The summed E-state index contributed by atoms with van der Waals surface area (Å²) in [4.78, 5) is 23.0. The van der Waals surface area contributed by atoms with Crippen molar-refractivity contribution in [3.8, 4) is 23.3 Å². The molecule has 0 heterocycles. The number of benzene rings is 2. The SMILES string of the molecule is COc1cccc(C(=O)NCC#CCOc2cccc(NC(C)=O)c2)c1. The molecule has 0 saturated carbocycles. The summed E-state index contributed by atoms with van der Waals surface area (Å²) in [5.41, 5.74) is 1.17. The van der Waals surface area contributed by atoms with E-state index in [1.165, 1.54) is 6.92 Å². The van der Waals surface area contributed by atoms with E-state index in [0.717, 1.165) is 0 Å². The maximum absolute atomic E-state index is 12.0. The molecule has 2 amide bonds. The van der Waals surface area contributed by atoms with Crippen molar-refractivity contribution in [2.45, 2.75) is 6.92 Å². The van der Waals surface area contributed by atoms with Crippen LogP contribution in [0.5, 0.6) is 11.5 Å². The van der Waals surface area contributed by atoms with Gasteiger partial charge < -0.3 is 20.1 Å². The first-order valence-corrected chi connectivity index (χ1v) is 7.97. The summed E-state index contributed by atoms with van der Waals surface area (Å²) in [5.74, 6) is 6.51. The number of amides is 2. The second kappa shape index (κ2) is 9.74. The van der Waals surface area contributed by atoms with Crippen molar-refractivity contribution in [1.29, 1.82) is 0 Å². The van der Waals surface area contributed by atoms with Gasteiger partial charge in [-0.2, -0.15) is 0 Å². The molecule has 134 valence electrons. The third-order valence-electron chi connectivity index (χ3n) is 3.26.